The van der Waals surface area contributed by atoms with Gasteiger partial charge in [-0.3, -0.25) is 10.4 Å². The zero-order valence-electron chi connectivity index (χ0n) is 11.9. The molecule has 0 bridgehead atoms. The molecule has 2 aliphatic heterocycles. The minimum Gasteiger partial charge on any atom is -0.454 e. The fourth-order valence-corrected chi connectivity index (χ4v) is 4.08. The maximum Gasteiger partial charge on any atom is 0.231 e. The number of halogens is 1. The van der Waals surface area contributed by atoms with Gasteiger partial charge in [-0.1, -0.05) is 29.4 Å². The molecule has 2 aliphatic rings. The summed E-state index contributed by atoms with van der Waals surface area (Å²) in [4.78, 5) is 5.64. The first-order valence-corrected chi connectivity index (χ1v) is 9.10. The zero-order valence-corrected chi connectivity index (χ0v) is 14.3. The topological polar surface area (TPSA) is 55.2 Å². The molecule has 3 heterocycles. The van der Waals surface area contributed by atoms with Gasteiger partial charge in [0.05, 0.1) is 21.5 Å². The molecule has 0 unspecified atom stereocenters. The van der Waals surface area contributed by atoms with E-state index in [-0.39, 0.29) is 6.79 Å². The monoisotopic (exact) mass is 365 g/mol. The van der Waals surface area contributed by atoms with Gasteiger partial charge >= 0.3 is 0 Å². The van der Waals surface area contributed by atoms with E-state index in [9.17, 15) is 0 Å². The molecule has 0 fully saturated rings. The zero-order chi connectivity index (χ0) is 15.6. The van der Waals surface area contributed by atoms with Crippen LogP contribution in [0.15, 0.2) is 40.4 Å². The second-order valence-corrected chi connectivity index (χ2v) is 7.55. The third kappa shape index (κ3) is 3.31. The fourth-order valence-electron chi connectivity index (χ4n) is 2.20. The van der Waals surface area contributed by atoms with Crippen molar-refractivity contribution in [3.8, 4) is 11.5 Å². The first-order chi connectivity index (χ1) is 11.3. The van der Waals surface area contributed by atoms with Gasteiger partial charge < -0.3 is 9.47 Å². The average molecular weight is 366 g/mol. The largest absolute Gasteiger partial charge is 0.454 e. The first kappa shape index (κ1) is 14.9. The number of nitrogens with zero attached hydrogens (tertiary/aromatic N) is 2. The van der Waals surface area contributed by atoms with E-state index >= 15 is 0 Å². The van der Waals surface area contributed by atoms with Crippen LogP contribution in [0.3, 0.4) is 0 Å². The van der Waals surface area contributed by atoms with Gasteiger partial charge in [0, 0.05) is 5.75 Å². The number of rotatable bonds is 3. The Morgan fingerprint density at radius 1 is 1.22 bits per heavy atom. The fraction of sp³-hybridized carbons (Fsp3) is 0.200. The van der Waals surface area contributed by atoms with Crippen molar-refractivity contribution in [3.63, 3.8) is 0 Å². The van der Waals surface area contributed by atoms with Crippen LogP contribution in [-0.2, 0) is 6.54 Å². The van der Waals surface area contributed by atoms with E-state index in [1.54, 1.807) is 11.8 Å². The Morgan fingerprint density at radius 3 is 2.91 bits per heavy atom. The Kier molecular flexibility index (Phi) is 4.15. The Balaban J connectivity index is 1.42. The SMILES string of the molecule is Clc1ccc(C2=NNC(=NCc3ccc4c(c3)OCO4)SC2)s1. The highest BCUT2D eigenvalue weighted by Crippen LogP contribution is 2.32. The molecule has 1 aromatic carbocycles. The van der Waals surface area contributed by atoms with Crippen LogP contribution in [0.1, 0.15) is 10.4 Å². The third-order valence-electron chi connectivity index (χ3n) is 3.33. The van der Waals surface area contributed by atoms with Crippen LogP contribution >= 0.6 is 34.7 Å². The summed E-state index contributed by atoms with van der Waals surface area (Å²) < 4.78 is 11.4. The summed E-state index contributed by atoms with van der Waals surface area (Å²) in [5, 5.41) is 5.20. The summed E-state index contributed by atoms with van der Waals surface area (Å²) in [6.07, 6.45) is 0. The normalized spacial score (nSPS) is 18.0. The van der Waals surface area contributed by atoms with Crippen LogP contribution in [-0.4, -0.2) is 23.4 Å². The molecule has 23 heavy (non-hydrogen) atoms. The number of hydrazone groups is 1. The highest BCUT2D eigenvalue weighted by Gasteiger charge is 2.15. The molecule has 4 rings (SSSR count). The molecule has 0 radical (unpaired) electrons. The van der Waals surface area contributed by atoms with Crippen molar-refractivity contribution in [2.75, 3.05) is 12.5 Å². The summed E-state index contributed by atoms with van der Waals surface area (Å²) in [7, 11) is 0. The molecule has 0 aliphatic carbocycles. The molecule has 0 saturated carbocycles. The van der Waals surface area contributed by atoms with Gasteiger partial charge in [-0.2, -0.15) is 5.10 Å². The molecule has 0 saturated heterocycles. The van der Waals surface area contributed by atoms with Crippen molar-refractivity contribution in [1.82, 2.24) is 5.43 Å². The van der Waals surface area contributed by atoms with Crippen molar-refractivity contribution in [1.29, 1.82) is 0 Å². The summed E-state index contributed by atoms with van der Waals surface area (Å²) in [5.74, 6) is 2.35. The molecule has 0 atom stereocenters. The molecule has 0 amide bonds. The molecular weight excluding hydrogens is 354 g/mol. The van der Waals surface area contributed by atoms with E-state index in [2.05, 4.69) is 15.5 Å². The maximum absolute atomic E-state index is 5.96. The number of ether oxygens (including phenoxy) is 2. The lowest BCUT2D eigenvalue weighted by atomic mass is 10.2. The van der Waals surface area contributed by atoms with E-state index < -0.39 is 0 Å². The molecule has 5 nitrogen and oxygen atoms in total. The lowest BCUT2D eigenvalue weighted by molar-refractivity contribution is 0.174. The molecule has 2 aromatic rings. The van der Waals surface area contributed by atoms with Crippen LogP contribution in [0, 0.1) is 0 Å². The highest BCUT2D eigenvalue weighted by atomic mass is 35.5. The van der Waals surface area contributed by atoms with Gasteiger partial charge in [0.2, 0.25) is 6.79 Å². The molecule has 1 N–H and O–H groups in total. The molecule has 1 aromatic heterocycles. The van der Waals surface area contributed by atoms with E-state index in [4.69, 9.17) is 21.1 Å². The second kappa shape index (κ2) is 6.43. The van der Waals surface area contributed by atoms with E-state index in [0.717, 1.165) is 42.9 Å². The summed E-state index contributed by atoms with van der Waals surface area (Å²) in [6.45, 7) is 0.858. The van der Waals surface area contributed by atoms with E-state index in [1.165, 1.54) is 11.3 Å². The van der Waals surface area contributed by atoms with Crippen LogP contribution in [0.5, 0.6) is 11.5 Å². The second-order valence-electron chi connectivity index (χ2n) is 4.87. The maximum atomic E-state index is 5.96. The predicted octanol–water partition coefficient (Wildman–Crippen LogP) is 3.73. The quantitative estimate of drug-likeness (QED) is 0.900. The summed E-state index contributed by atoms with van der Waals surface area (Å²) >= 11 is 9.13. The van der Waals surface area contributed by atoms with Crippen molar-refractivity contribution >= 4 is 45.6 Å². The number of benzene rings is 1. The van der Waals surface area contributed by atoms with E-state index in [1.807, 2.05) is 30.3 Å². The Labute approximate surface area is 146 Å². The number of fused-ring (bicyclic) bond motifs is 1. The van der Waals surface area contributed by atoms with Gasteiger partial charge in [0.15, 0.2) is 16.7 Å². The van der Waals surface area contributed by atoms with Crippen LogP contribution in [0.25, 0.3) is 0 Å². The minimum absolute atomic E-state index is 0.287. The van der Waals surface area contributed by atoms with Crippen molar-refractivity contribution in [2.45, 2.75) is 6.54 Å². The van der Waals surface area contributed by atoms with Crippen LogP contribution in [0.2, 0.25) is 4.34 Å². The lowest BCUT2D eigenvalue weighted by Gasteiger charge is -2.13. The van der Waals surface area contributed by atoms with Crippen molar-refractivity contribution < 1.29 is 9.47 Å². The Morgan fingerprint density at radius 2 is 2.13 bits per heavy atom. The minimum atomic E-state index is 0.287. The first-order valence-electron chi connectivity index (χ1n) is 6.92. The average Bonchev–Trinajstić information content (AvgIpc) is 3.21. The lowest BCUT2D eigenvalue weighted by Crippen LogP contribution is -2.25. The number of thiophene rings is 1. The van der Waals surface area contributed by atoms with Gasteiger partial charge in [-0.05, 0) is 29.8 Å². The van der Waals surface area contributed by atoms with Crippen molar-refractivity contribution in [2.24, 2.45) is 10.1 Å². The molecular formula is C15H12ClN3O2S2. The Hall–Kier alpha value is -1.70. The number of thioether (sulfide) groups is 1. The molecule has 0 spiro atoms. The van der Waals surface area contributed by atoms with Gasteiger partial charge in [-0.25, -0.2) is 0 Å². The summed E-state index contributed by atoms with van der Waals surface area (Å²) in [5.41, 5.74) is 5.08. The number of hydrogen-bond acceptors (Lipinski definition) is 6. The number of amidine groups is 1. The number of hydrogen-bond donors (Lipinski definition) is 1. The van der Waals surface area contributed by atoms with Gasteiger partial charge in [0.1, 0.15) is 0 Å². The van der Waals surface area contributed by atoms with Gasteiger partial charge in [0.25, 0.3) is 0 Å². The smallest absolute Gasteiger partial charge is 0.231 e. The summed E-state index contributed by atoms with van der Waals surface area (Å²) in [6, 6.07) is 9.74. The Bertz CT molecular complexity index is 804. The molecule has 8 heteroatoms. The van der Waals surface area contributed by atoms with Crippen LogP contribution < -0.4 is 14.9 Å². The predicted molar refractivity (Wildman–Crippen MR) is 95.2 cm³/mol. The third-order valence-corrected chi connectivity index (χ3v) is 5.52. The standard InChI is InChI=1S/C15H12ClN3O2S2/c16-14-4-3-13(23-14)10-7-22-15(19-18-10)17-6-9-1-2-11-12(5-9)21-8-20-11/h1-5H,6-8H2,(H,17,19). The van der Waals surface area contributed by atoms with E-state index in [0.29, 0.717) is 6.54 Å². The number of aliphatic imine (C=N–C) groups is 1. The highest BCUT2D eigenvalue weighted by molar-refractivity contribution is 8.14. The van der Waals surface area contributed by atoms with Gasteiger partial charge in [-0.15, -0.1) is 11.3 Å². The number of nitrogens with one attached hydrogen (secondary N) is 1. The van der Waals surface area contributed by atoms with Crippen molar-refractivity contribution in [3.05, 3.63) is 45.1 Å². The van der Waals surface area contributed by atoms with Crippen LogP contribution in [0.4, 0.5) is 0 Å². The molecule has 118 valence electrons.